The van der Waals surface area contributed by atoms with Crippen molar-refractivity contribution in [3.05, 3.63) is 49.3 Å². The first-order valence-corrected chi connectivity index (χ1v) is 6.86. The maximum absolute atomic E-state index is 4.45. The standard InChI is InChI=1S/C14H12N4S/c1-2-8-19-11-5-3-4-10(9-11)12-17-13-14(18-12)16-7-6-15-13/h2-7,9H,1,8H2,(H,15,16,17,18). The quantitative estimate of drug-likeness (QED) is 0.582. The van der Waals surface area contributed by atoms with Crippen molar-refractivity contribution in [2.75, 3.05) is 5.75 Å². The zero-order valence-corrected chi connectivity index (χ0v) is 11.0. The molecular weight excluding hydrogens is 256 g/mol. The van der Waals surface area contributed by atoms with Crippen LogP contribution in [-0.4, -0.2) is 25.7 Å². The fraction of sp³-hybridized carbons (Fsp3) is 0.0714. The van der Waals surface area contributed by atoms with E-state index in [9.17, 15) is 0 Å². The molecule has 3 rings (SSSR count). The molecule has 5 heteroatoms. The average molecular weight is 268 g/mol. The molecule has 0 radical (unpaired) electrons. The van der Waals surface area contributed by atoms with Gasteiger partial charge >= 0.3 is 0 Å². The molecular formula is C14H12N4S. The minimum atomic E-state index is 0.640. The fourth-order valence-corrected chi connectivity index (χ4v) is 2.47. The molecule has 0 spiro atoms. The lowest BCUT2D eigenvalue weighted by molar-refractivity contribution is 1.26. The van der Waals surface area contributed by atoms with Gasteiger partial charge in [0.1, 0.15) is 5.82 Å². The largest absolute Gasteiger partial charge is 0.321 e. The third-order valence-corrected chi connectivity index (χ3v) is 3.60. The van der Waals surface area contributed by atoms with Gasteiger partial charge in [0.25, 0.3) is 0 Å². The SMILES string of the molecule is C=CCSc1cccc(-c2nc3nccnc3[nH]2)c1. The number of benzene rings is 1. The van der Waals surface area contributed by atoms with Crippen LogP contribution in [0, 0.1) is 0 Å². The Morgan fingerprint density at radius 1 is 1.26 bits per heavy atom. The van der Waals surface area contributed by atoms with Gasteiger partial charge in [0, 0.05) is 28.6 Å². The Kier molecular flexibility index (Phi) is 3.29. The molecule has 19 heavy (non-hydrogen) atoms. The van der Waals surface area contributed by atoms with E-state index in [0.717, 1.165) is 17.1 Å². The Hall–Kier alpha value is -2.14. The van der Waals surface area contributed by atoms with Gasteiger partial charge in [0.2, 0.25) is 0 Å². The number of nitrogens with zero attached hydrogens (tertiary/aromatic N) is 3. The van der Waals surface area contributed by atoms with Crippen LogP contribution in [0.4, 0.5) is 0 Å². The van der Waals surface area contributed by atoms with E-state index < -0.39 is 0 Å². The molecule has 0 fully saturated rings. The first-order valence-electron chi connectivity index (χ1n) is 5.87. The molecule has 4 nitrogen and oxygen atoms in total. The molecule has 0 aliphatic heterocycles. The second-order valence-corrected chi connectivity index (χ2v) is 5.03. The summed E-state index contributed by atoms with van der Waals surface area (Å²) in [6, 6.07) is 8.23. The predicted molar refractivity (Wildman–Crippen MR) is 78.0 cm³/mol. The molecule has 1 N–H and O–H groups in total. The molecule has 0 unspecified atom stereocenters. The number of aromatic nitrogens is 4. The monoisotopic (exact) mass is 268 g/mol. The summed E-state index contributed by atoms with van der Waals surface area (Å²) in [5.74, 6) is 1.69. The van der Waals surface area contributed by atoms with Crippen molar-refractivity contribution in [3.63, 3.8) is 0 Å². The maximum atomic E-state index is 4.45. The second-order valence-electron chi connectivity index (χ2n) is 3.94. The van der Waals surface area contributed by atoms with Gasteiger partial charge in [0.15, 0.2) is 11.3 Å². The maximum Gasteiger partial charge on any atom is 0.197 e. The number of nitrogens with one attached hydrogen (secondary N) is 1. The number of thioether (sulfide) groups is 1. The normalized spacial score (nSPS) is 10.7. The van der Waals surface area contributed by atoms with E-state index in [1.165, 1.54) is 4.90 Å². The number of fused-ring (bicyclic) bond motifs is 1. The lowest BCUT2D eigenvalue weighted by atomic mass is 10.2. The van der Waals surface area contributed by atoms with E-state index in [1.54, 1.807) is 24.2 Å². The van der Waals surface area contributed by atoms with Crippen molar-refractivity contribution in [3.8, 4) is 11.4 Å². The number of H-pyrrole nitrogens is 1. The van der Waals surface area contributed by atoms with Crippen molar-refractivity contribution >= 4 is 23.1 Å². The van der Waals surface area contributed by atoms with Gasteiger partial charge in [-0.3, -0.25) is 0 Å². The second kappa shape index (κ2) is 5.24. The number of imidazole rings is 1. The molecule has 2 heterocycles. The van der Waals surface area contributed by atoms with Crippen LogP contribution < -0.4 is 0 Å². The fourth-order valence-electron chi connectivity index (χ4n) is 1.77. The van der Waals surface area contributed by atoms with Gasteiger partial charge in [-0.15, -0.1) is 18.3 Å². The Morgan fingerprint density at radius 2 is 2.16 bits per heavy atom. The molecule has 0 bridgehead atoms. The molecule has 94 valence electrons. The topological polar surface area (TPSA) is 54.5 Å². The van der Waals surface area contributed by atoms with Gasteiger partial charge < -0.3 is 4.98 Å². The lowest BCUT2D eigenvalue weighted by Crippen LogP contribution is -1.82. The van der Waals surface area contributed by atoms with Gasteiger partial charge in [-0.1, -0.05) is 18.2 Å². The summed E-state index contributed by atoms with van der Waals surface area (Å²) >= 11 is 1.75. The zero-order valence-electron chi connectivity index (χ0n) is 10.2. The van der Waals surface area contributed by atoms with Crippen LogP contribution in [-0.2, 0) is 0 Å². The summed E-state index contributed by atoms with van der Waals surface area (Å²) in [5.41, 5.74) is 2.39. The first-order chi connectivity index (χ1) is 9.36. The Bertz CT molecular complexity index is 687. The summed E-state index contributed by atoms with van der Waals surface area (Å²) in [6.45, 7) is 3.73. The predicted octanol–water partition coefficient (Wildman–Crippen LogP) is 3.30. The van der Waals surface area contributed by atoms with Gasteiger partial charge in [-0.2, -0.15) is 0 Å². The van der Waals surface area contributed by atoms with Crippen LogP contribution >= 0.6 is 11.8 Å². The van der Waals surface area contributed by atoms with Gasteiger partial charge in [-0.05, 0) is 12.1 Å². The van der Waals surface area contributed by atoms with E-state index in [1.807, 2.05) is 18.2 Å². The van der Waals surface area contributed by atoms with E-state index in [2.05, 4.69) is 38.6 Å². The lowest BCUT2D eigenvalue weighted by Gasteiger charge is -2.01. The molecule has 1 aromatic carbocycles. The highest BCUT2D eigenvalue weighted by molar-refractivity contribution is 7.99. The Morgan fingerprint density at radius 3 is 3.00 bits per heavy atom. The van der Waals surface area contributed by atoms with Crippen LogP contribution in [0.2, 0.25) is 0 Å². The number of rotatable bonds is 4. The van der Waals surface area contributed by atoms with Crippen LogP contribution in [0.15, 0.2) is 54.2 Å². The molecule has 0 saturated carbocycles. The van der Waals surface area contributed by atoms with Crippen LogP contribution in [0.1, 0.15) is 0 Å². The van der Waals surface area contributed by atoms with Gasteiger partial charge in [0.05, 0.1) is 0 Å². The summed E-state index contributed by atoms with van der Waals surface area (Å²) in [6.07, 6.45) is 5.19. The third-order valence-electron chi connectivity index (χ3n) is 2.61. The van der Waals surface area contributed by atoms with E-state index >= 15 is 0 Å². The van der Waals surface area contributed by atoms with Crippen molar-refractivity contribution < 1.29 is 0 Å². The van der Waals surface area contributed by atoms with E-state index in [0.29, 0.717) is 11.3 Å². The molecule has 0 amide bonds. The minimum absolute atomic E-state index is 0.640. The van der Waals surface area contributed by atoms with Crippen molar-refractivity contribution in [1.82, 2.24) is 19.9 Å². The van der Waals surface area contributed by atoms with E-state index in [-0.39, 0.29) is 0 Å². The summed E-state index contributed by atoms with van der Waals surface area (Å²) in [4.78, 5) is 17.2. The summed E-state index contributed by atoms with van der Waals surface area (Å²) in [7, 11) is 0. The molecule has 0 atom stereocenters. The summed E-state index contributed by atoms with van der Waals surface area (Å²) in [5, 5.41) is 0. The summed E-state index contributed by atoms with van der Waals surface area (Å²) < 4.78 is 0. The highest BCUT2D eigenvalue weighted by Crippen LogP contribution is 2.24. The molecule has 0 saturated heterocycles. The minimum Gasteiger partial charge on any atom is -0.321 e. The average Bonchev–Trinajstić information content (AvgIpc) is 2.89. The van der Waals surface area contributed by atoms with E-state index in [4.69, 9.17) is 0 Å². The molecule has 3 aromatic rings. The zero-order chi connectivity index (χ0) is 13.1. The van der Waals surface area contributed by atoms with Gasteiger partial charge in [-0.25, -0.2) is 15.0 Å². The van der Waals surface area contributed by atoms with Crippen LogP contribution in [0.3, 0.4) is 0 Å². The van der Waals surface area contributed by atoms with Crippen LogP contribution in [0.5, 0.6) is 0 Å². The highest BCUT2D eigenvalue weighted by Gasteiger charge is 2.07. The van der Waals surface area contributed by atoms with Crippen LogP contribution in [0.25, 0.3) is 22.7 Å². The van der Waals surface area contributed by atoms with Crippen molar-refractivity contribution in [2.45, 2.75) is 4.90 Å². The molecule has 2 aromatic heterocycles. The van der Waals surface area contributed by atoms with Crippen molar-refractivity contribution in [2.24, 2.45) is 0 Å². The molecule has 0 aliphatic rings. The number of hydrogen-bond acceptors (Lipinski definition) is 4. The number of aromatic amines is 1. The molecule has 0 aliphatic carbocycles. The highest BCUT2D eigenvalue weighted by atomic mass is 32.2. The third kappa shape index (κ3) is 2.51. The first kappa shape index (κ1) is 11.9. The Balaban J connectivity index is 1.98. The van der Waals surface area contributed by atoms with Crippen molar-refractivity contribution in [1.29, 1.82) is 0 Å². The smallest absolute Gasteiger partial charge is 0.197 e. The number of hydrogen-bond donors (Lipinski definition) is 1. The Labute approximate surface area is 115 Å².